The van der Waals surface area contributed by atoms with Gasteiger partial charge in [0.2, 0.25) is 11.8 Å². The summed E-state index contributed by atoms with van der Waals surface area (Å²) >= 11 is 0. The van der Waals surface area contributed by atoms with Crippen molar-refractivity contribution in [3.05, 3.63) is 30.3 Å². The van der Waals surface area contributed by atoms with E-state index in [9.17, 15) is 30.0 Å². The van der Waals surface area contributed by atoms with E-state index in [2.05, 4.69) is 17.2 Å². The Hall–Kier alpha value is -3.42. The zero-order valence-electron chi connectivity index (χ0n) is 12.8. The highest BCUT2D eigenvalue weighted by molar-refractivity contribution is 6.04. The van der Waals surface area contributed by atoms with Crippen LogP contribution in [0.2, 0.25) is 0 Å². The molecule has 2 amide bonds. The summed E-state index contributed by atoms with van der Waals surface area (Å²) < 4.78 is 0. The summed E-state index contributed by atoms with van der Waals surface area (Å²) in [5.41, 5.74) is -0.0973. The molecule has 0 bridgehead atoms. The number of carbonyl (C=O) groups is 2. The van der Waals surface area contributed by atoms with Crippen LogP contribution in [0.3, 0.4) is 0 Å². The summed E-state index contributed by atoms with van der Waals surface area (Å²) in [5.74, 6) is -2.56. The first-order valence-corrected chi connectivity index (χ1v) is 6.85. The molecule has 0 aliphatic heterocycles. The van der Waals surface area contributed by atoms with E-state index in [1.807, 2.05) is 0 Å². The second-order valence-electron chi connectivity index (χ2n) is 5.08. The smallest absolute Gasteiger partial charge is 0.243 e. The second kappa shape index (κ2) is 6.37. The lowest BCUT2D eigenvalue weighted by Crippen LogP contribution is -2.34. The van der Waals surface area contributed by atoms with Gasteiger partial charge in [0, 0.05) is 18.2 Å². The molecule has 0 atom stereocenters. The van der Waals surface area contributed by atoms with Crippen LogP contribution >= 0.6 is 0 Å². The van der Waals surface area contributed by atoms with Crippen LogP contribution in [-0.2, 0) is 9.59 Å². The van der Waals surface area contributed by atoms with E-state index in [4.69, 9.17) is 0 Å². The van der Waals surface area contributed by atoms with Gasteiger partial charge in [0.25, 0.3) is 0 Å². The zero-order chi connectivity index (χ0) is 18.0. The van der Waals surface area contributed by atoms with Crippen LogP contribution in [0, 0.1) is 0 Å². The molecule has 0 radical (unpaired) electrons. The SMILES string of the molecule is C=C(NC(=O)CNC(C)=O)c1cc(O)c2c(O)ccc(O)c2c1O. The van der Waals surface area contributed by atoms with Crippen molar-refractivity contribution in [2.24, 2.45) is 0 Å². The number of fused-ring (bicyclic) bond motifs is 1. The highest BCUT2D eigenvalue weighted by Gasteiger charge is 2.19. The van der Waals surface area contributed by atoms with Crippen LogP contribution in [0.1, 0.15) is 12.5 Å². The van der Waals surface area contributed by atoms with Crippen molar-refractivity contribution in [1.29, 1.82) is 0 Å². The number of amides is 2. The third-order valence-electron chi connectivity index (χ3n) is 3.30. The first-order chi connectivity index (χ1) is 11.2. The van der Waals surface area contributed by atoms with E-state index in [-0.39, 0.29) is 46.0 Å². The van der Waals surface area contributed by atoms with Crippen molar-refractivity contribution in [1.82, 2.24) is 10.6 Å². The molecule has 8 nitrogen and oxygen atoms in total. The van der Waals surface area contributed by atoms with Gasteiger partial charge in [-0.05, 0) is 18.2 Å². The molecule has 2 aromatic rings. The van der Waals surface area contributed by atoms with Gasteiger partial charge in [-0.2, -0.15) is 0 Å². The molecule has 0 aromatic heterocycles. The maximum absolute atomic E-state index is 11.7. The molecule has 0 fully saturated rings. The fraction of sp³-hybridized carbons (Fsp3) is 0.125. The summed E-state index contributed by atoms with van der Waals surface area (Å²) in [7, 11) is 0. The number of phenols is 4. The van der Waals surface area contributed by atoms with Crippen LogP contribution in [0.15, 0.2) is 24.8 Å². The van der Waals surface area contributed by atoms with Gasteiger partial charge in [-0.1, -0.05) is 6.58 Å². The van der Waals surface area contributed by atoms with Crippen LogP contribution in [0.5, 0.6) is 23.0 Å². The van der Waals surface area contributed by atoms with Gasteiger partial charge in [-0.25, -0.2) is 0 Å². The predicted octanol–water partition coefficient (Wildman–Crippen LogP) is 0.885. The van der Waals surface area contributed by atoms with Crippen molar-refractivity contribution < 1.29 is 30.0 Å². The van der Waals surface area contributed by atoms with E-state index >= 15 is 0 Å². The number of aromatic hydroxyl groups is 4. The first-order valence-electron chi connectivity index (χ1n) is 6.85. The van der Waals surface area contributed by atoms with Crippen LogP contribution in [-0.4, -0.2) is 38.8 Å². The largest absolute Gasteiger partial charge is 0.507 e. The lowest BCUT2D eigenvalue weighted by molar-refractivity contribution is -0.124. The lowest BCUT2D eigenvalue weighted by atomic mass is 10.0. The number of rotatable bonds is 4. The Bertz CT molecular complexity index is 860. The van der Waals surface area contributed by atoms with E-state index in [1.165, 1.54) is 13.0 Å². The molecule has 0 unspecified atom stereocenters. The standard InChI is InChI=1S/C16H16N2O6/c1-7(18-13(23)6-17-8(2)19)9-5-12(22)14-10(20)3-4-11(21)15(14)16(9)24/h3-5,20-22,24H,1,6H2,2H3,(H,17,19)(H,18,23). The minimum Gasteiger partial charge on any atom is -0.507 e. The minimum absolute atomic E-state index is 0.0444. The molecule has 6 N–H and O–H groups in total. The van der Waals surface area contributed by atoms with Crippen LogP contribution < -0.4 is 10.6 Å². The Labute approximate surface area is 136 Å². The Morgan fingerprint density at radius 3 is 2.21 bits per heavy atom. The Morgan fingerprint density at radius 2 is 1.62 bits per heavy atom. The maximum atomic E-state index is 11.7. The maximum Gasteiger partial charge on any atom is 0.243 e. The number of benzene rings is 2. The summed E-state index contributed by atoms with van der Waals surface area (Å²) in [5, 5.41) is 44.4. The molecule has 2 aromatic carbocycles. The number of phenolic OH excluding ortho intramolecular Hbond substituents is 4. The summed E-state index contributed by atoms with van der Waals surface area (Å²) in [6.07, 6.45) is 0. The zero-order valence-corrected chi connectivity index (χ0v) is 12.8. The van der Waals surface area contributed by atoms with Gasteiger partial charge >= 0.3 is 0 Å². The van der Waals surface area contributed by atoms with Crippen molar-refractivity contribution in [3.8, 4) is 23.0 Å². The minimum atomic E-state index is -0.589. The lowest BCUT2D eigenvalue weighted by Gasteiger charge is -2.14. The molecular formula is C16H16N2O6. The first kappa shape index (κ1) is 16.9. The molecule has 0 spiro atoms. The van der Waals surface area contributed by atoms with Crippen LogP contribution in [0.25, 0.3) is 16.5 Å². The number of carbonyl (C=O) groups excluding carboxylic acids is 2. The molecule has 0 saturated carbocycles. The fourth-order valence-corrected chi connectivity index (χ4v) is 2.21. The Morgan fingerprint density at radius 1 is 1.04 bits per heavy atom. The van der Waals surface area contributed by atoms with Gasteiger partial charge in [0.05, 0.1) is 17.3 Å². The summed E-state index contributed by atoms with van der Waals surface area (Å²) in [4.78, 5) is 22.5. The van der Waals surface area contributed by atoms with E-state index in [1.54, 1.807) is 0 Å². The molecule has 0 heterocycles. The third-order valence-corrected chi connectivity index (χ3v) is 3.30. The van der Waals surface area contributed by atoms with Gasteiger partial charge in [0.15, 0.2) is 0 Å². The summed E-state index contributed by atoms with van der Waals surface area (Å²) in [6, 6.07) is 3.41. The molecule has 8 heteroatoms. The van der Waals surface area contributed by atoms with Crippen molar-refractivity contribution in [3.63, 3.8) is 0 Å². The molecule has 0 saturated heterocycles. The molecule has 0 aliphatic carbocycles. The number of nitrogens with one attached hydrogen (secondary N) is 2. The van der Waals surface area contributed by atoms with Crippen molar-refractivity contribution in [2.75, 3.05) is 6.54 Å². The van der Waals surface area contributed by atoms with Crippen molar-refractivity contribution >= 4 is 28.3 Å². The monoisotopic (exact) mass is 332 g/mol. The molecule has 0 aliphatic rings. The van der Waals surface area contributed by atoms with E-state index < -0.39 is 17.4 Å². The van der Waals surface area contributed by atoms with Crippen LogP contribution in [0.4, 0.5) is 0 Å². The quantitative estimate of drug-likeness (QED) is 0.460. The predicted molar refractivity (Wildman–Crippen MR) is 86.5 cm³/mol. The molecule has 24 heavy (non-hydrogen) atoms. The Balaban J connectivity index is 2.41. The Kier molecular flexibility index (Phi) is 4.50. The average Bonchev–Trinajstić information content (AvgIpc) is 2.50. The summed E-state index contributed by atoms with van der Waals surface area (Å²) in [6.45, 7) is 4.56. The molecule has 126 valence electrons. The average molecular weight is 332 g/mol. The highest BCUT2D eigenvalue weighted by atomic mass is 16.3. The molecular weight excluding hydrogens is 316 g/mol. The molecule has 2 rings (SSSR count). The fourth-order valence-electron chi connectivity index (χ4n) is 2.21. The van der Waals surface area contributed by atoms with E-state index in [0.29, 0.717) is 0 Å². The third kappa shape index (κ3) is 3.17. The van der Waals surface area contributed by atoms with Gasteiger partial charge < -0.3 is 31.1 Å². The van der Waals surface area contributed by atoms with Gasteiger partial charge in [0.1, 0.15) is 23.0 Å². The van der Waals surface area contributed by atoms with Gasteiger partial charge in [-0.3, -0.25) is 9.59 Å². The van der Waals surface area contributed by atoms with E-state index in [0.717, 1.165) is 12.1 Å². The highest BCUT2D eigenvalue weighted by Crippen LogP contribution is 2.45. The number of hydrogen-bond donors (Lipinski definition) is 6. The normalized spacial score (nSPS) is 10.4. The second-order valence-corrected chi connectivity index (χ2v) is 5.08. The topological polar surface area (TPSA) is 139 Å². The van der Waals surface area contributed by atoms with Gasteiger partial charge in [-0.15, -0.1) is 0 Å². The number of hydrogen-bond acceptors (Lipinski definition) is 6. The van der Waals surface area contributed by atoms with Crippen molar-refractivity contribution in [2.45, 2.75) is 6.92 Å².